The lowest BCUT2D eigenvalue weighted by Crippen LogP contribution is -2.13. The molecule has 0 saturated heterocycles. The normalized spacial score (nSPS) is 10.8. The fourth-order valence-corrected chi connectivity index (χ4v) is 2.65. The highest BCUT2D eigenvalue weighted by Gasteiger charge is 2.02. The number of thioether (sulfide) groups is 1. The van der Waals surface area contributed by atoms with Gasteiger partial charge in [0, 0.05) is 17.5 Å². The Morgan fingerprint density at radius 2 is 2.21 bits per heavy atom. The molecule has 3 nitrogen and oxygen atoms in total. The average Bonchev–Trinajstić information content (AvgIpc) is 2.83. The third-order valence-electron chi connectivity index (χ3n) is 2.71. The van der Waals surface area contributed by atoms with Gasteiger partial charge < -0.3 is 9.84 Å². The van der Waals surface area contributed by atoms with E-state index in [1.165, 1.54) is 16.9 Å². The van der Waals surface area contributed by atoms with Crippen molar-refractivity contribution in [3.8, 4) is 0 Å². The van der Waals surface area contributed by atoms with Gasteiger partial charge in [-0.2, -0.15) is 0 Å². The molecule has 2 rings (SSSR count). The second kappa shape index (κ2) is 7.36. The Bertz CT molecular complexity index is 510. The second-order valence-corrected chi connectivity index (χ2v) is 5.60. The summed E-state index contributed by atoms with van der Waals surface area (Å²) in [5.41, 5.74) is 2.26. The Hall–Kier alpha value is -1.26. The van der Waals surface area contributed by atoms with E-state index < -0.39 is 0 Å². The molecule has 1 aromatic carbocycles. The quantitative estimate of drug-likeness (QED) is 0.617. The molecule has 0 fully saturated rings. The van der Waals surface area contributed by atoms with Crippen LogP contribution in [0.4, 0.5) is 0 Å². The van der Waals surface area contributed by atoms with E-state index in [9.17, 15) is 0 Å². The zero-order valence-electron chi connectivity index (χ0n) is 11.5. The van der Waals surface area contributed by atoms with Crippen molar-refractivity contribution in [1.29, 1.82) is 0 Å². The highest BCUT2D eigenvalue weighted by Crippen LogP contribution is 2.23. The molecule has 102 valence electrons. The molecule has 0 amide bonds. The summed E-state index contributed by atoms with van der Waals surface area (Å²) in [4.78, 5) is 1.27. The summed E-state index contributed by atoms with van der Waals surface area (Å²) in [7, 11) is 0. The fourth-order valence-electron chi connectivity index (χ4n) is 1.79. The van der Waals surface area contributed by atoms with Crippen LogP contribution in [0.2, 0.25) is 0 Å². The topological polar surface area (TPSA) is 38.1 Å². The number of rotatable bonds is 7. The van der Waals surface area contributed by atoms with Gasteiger partial charge in [0.15, 0.2) is 0 Å². The maximum atomic E-state index is 5.21. The number of benzene rings is 1. The van der Waals surface area contributed by atoms with E-state index in [0.29, 0.717) is 0 Å². The molecule has 0 bridgehead atoms. The first-order chi connectivity index (χ1) is 9.28. The van der Waals surface area contributed by atoms with Crippen LogP contribution in [0.25, 0.3) is 0 Å². The van der Waals surface area contributed by atoms with Gasteiger partial charge in [0.25, 0.3) is 0 Å². The minimum absolute atomic E-state index is 0.826. The summed E-state index contributed by atoms with van der Waals surface area (Å²) in [5, 5.41) is 7.32. The highest BCUT2D eigenvalue weighted by atomic mass is 32.2. The van der Waals surface area contributed by atoms with E-state index in [0.717, 1.165) is 30.3 Å². The van der Waals surface area contributed by atoms with Crippen molar-refractivity contribution < 1.29 is 4.52 Å². The zero-order chi connectivity index (χ0) is 13.5. The number of aromatic nitrogens is 1. The second-order valence-electron chi connectivity index (χ2n) is 4.55. The van der Waals surface area contributed by atoms with Crippen LogP contribution in [0, 0.1) is 6.92 Å². The van der Waals surface area contributed by atoms with Crippen LogP contribution in [-0.2, 0) is 12.3 Å². The SMILES string of the molecule is CCCNCc1cccc(SCc2cc(C)no2)c1. The van der Waals surface area contributed by atoms with Crippen LogP contribution in [0.3, 0.4) is 0 Å². The maximum Gasteiger partial charge on any atom is 0.147 e. The molecular weight excluding hydrogens is 256 g/mol. The lowest BCUT2D eigenvalue weighted by atomic mass is 10.2. The van der Waals surface area contributed by atoms with E-state index in [2.05, 4.69) is 41.7 Å². The molecule has 0 saturated carbocycles. The molecule has 0 radical (unpaired) electrons. The summed E-state index contributed by atoms with van der Waals surface area (Å²) in [5.74, 6) is 1.75. The molecule has 0 spiro atoms. The molecule has 0 aliphatic carbocycles. The first kappa shape index (κ1) is 14.2. The zero-order valence-corrected chi connectivity index (χ0v) is 12.3. The monoisotopic (exact) mass is 276 g/mol. The van der Waals surface area contributed by atoms with Crippen LogP contribution in [0.5, 0.6) is 0 Å². The average molecular weight is 276 g/mol. The van der Waals surface area contributed by atoms with Gasteiger partial charge in [0.1, 0.15) is 5.76 Å². The van der Waals surface area contributed by atoms with E-state index in [-0.39, 0.29) is 0 Å². The molecule has 1 heterocycles. The largest absolute Gasteiger partial charge is 0.360 e. The number of nitrogens with one attached hydrogen (secondary N) is 1. The van der Waals surface area contributed by atoms with Crippen molar-refractivity contribution in [2.75, 3.05) is 6.54 Å². The molecule has 0 aliphatic rings. The summed E-state index contributed by atoms with van der Waals surface area (Å²) >= 11 is 1.78. The Morgan fingerprint density at radius 3 is 2.95 bits per heavy atom. The van der Waals surface area contributed by atoms with E-state index in [1.54, 1.807) is 11.8 Å². The van der Waals surface area contributed by atoms with Gasteiger partial charge in [-0.3, -0.25) is 0 Å². The molecule has 0 unspecified atom stereocenters. The predicted octanol–water partition coefficient (Wildman–Crippen LogP) is 3.77. The predicted molar refractivity (Wildman–Crippen MR) is 79.2 cm³/mol. The molecule has 1 aromatic heterocycles. The van der Waals surface area contributed by atoms with Crippen molar-refractivity contribution in [1.82, 2.24) is 10.5 Å². The summed E-state index contributed by atoms with van der Waals surface area (Å²) in [6.07, 6.45) is 1.17. The van der Waals surface area contributed by atoms with Crippen molar-refractivity contribution in [2.45, 2.75) is 37.5 Å². The smallest absolute Gasteiger partial charge is 0.147 e. The van der Waals surface area contributed by atoms with Crippen LogP contribution < -0.4 is 5.32 Å². The fraction of sp³-hybridized carbons (Fsp3) is 0.400. The molecular formula is C15H20N2OS. The van der Waals surface area contributed by atoms with Crippen molar-refractivity contribution >= 4 is 11.8 Å². The van der Waals surface area contributed by atoms with E-state index in [1.807, 2.05) is 13.0 Å². The minimum Gasteiger partial charge on any atom is -0.360 e. The molecule has 1 N–H and O–H groups in total. The molecule has 2 aromatic rings. The van der Waals surface area contributed by atoms with Crippen LogP contribution >= 0.6 is 11.8 Å². The number of hydrogen-bond acceptors (Lipinski definition) is 4. The third kappa shape index (κ3) is 4.73. The Kier molecular flexibility index (Phi) is 5.48. The van der Waals surface area contributed by atoms with Gasteiger partial charge in [-0.05, 0) is 37.6 Å². The third-order valence-corrected chi connectivity index (χ3v) is 3.73. The number of aryl methyl sites for hydroxylation is 1. The first-order valence-corrected chi connectivity index (χ1v) is 7.61. The molecule has 0 atom stereocenters. The lowest BCUT2D eigenvalue weighted by Gasteiger charge is -2.05. The van der Waals surface area contributed by atoms with Crippen LogP contribution in [0.15, 0.2) is 39.8 Å². The van der Waals surface area contributed by atoms with Gasteiger partial charge in [-0.25, -0.2) is 0 Å². The molecule has 0 aliphatic heterocycles. The Labute approximate surface area is 118 Å². The number of hydrogen-bond donors (Lipinski definition) is 1. The van der Waals surface area contributed by atoms with Crippen LogP contribution in [-0.4, -0.2) is 11.7 Å². The van der Waals surface area contributed by atoms with Gasteiger partial charge in [0.2, 0.25) is 0 Å². The summed E-state index contributed by atoms with van der Waals surface area (Å²) in [6.45, 7) is 6.12. The van der Waals surface area contributed by atoms with Gasteiger partial charge >= 0.3 is 0 Å². The standard InChI is InChI=1S/C15H20N2OS/c1-3-7-16-10-13-5-4-6-15(9-13)19-11-14-8-12(2)17-18-14/h4-6,8-9,16H,3,7,10-11H2,1-2H3. The Morgan fingerprint density at radius 1 is 1.32 bits per heavy atom. The Balaban J connectivity index is 1.87. The lowest BCUT2D eigenvalue weighted by molar-refractivity contribution is 0.391. The van der Waals surface area contributed by atoms with Gasteiger partial charge in [-0.1, -0.05) is 24.2 Å². The maximum absolute atomic E-state index is 5.21. The summed E-state index contributed by atoms with van der Waals surface area (Å²) in [6, 6.07) is 10.6. The molecule has 4 heteroatoms. The highest BCUT2D eigenvalue weighted by molar-refractivity contribution is 7.98. The van der Waals surface area contributed by atoms with Gasteiger partial charge in [-0.15, -0.1) is 11.8 Å². The minimum atomic E-state index is 0.826. The van der Waals surface area contributed by atoms with E-state index in [4.69, 9.17) is 4.52 Å². The summed E-state index contributed by atoms with van der Waals surface area (Å²) < 4.78 is 5.21. The first-order valence-electron chi connectivity index (χ1n) is 6.62. The molecule has 19 heavy (non-hydrogen) atoms. The van der Waals surface area contributed by atoms with Crippen molar-refractivity contribution in [3.63, 3.8) is 0 Å². The van der Waals surface area contributed by atoms with Gasteiger partial charge in [0.05, 0.1) is 11.4 Å². The van der Waals surface area contributed by atoms with Crippen molar-refractivity contribution in [2.24, 2.45) is 0 Å². The van der Waals surface area contributed by atoms with Crippen LogP contribution in [0.1, 0.15) is 30.4 Å². The van der Waals surface area contributed by atoms with E-state index >= 15 is 0 Å². The number of nitrogens with zero attached hydrogens (tertiary/aromatic N) is 1. The van der Waals surface area contributed by atoms with Crippen molar-refractivity contribution in [3.05, 3.63) is 47.3 Å².